The van der Waals surface area contributed by atoms with Gasteiger partial charge >= 0.3 is 0 Å². The Balaban J connectivity index is 2.19. The quantitative estimate of drug-likeness (QED) is 0.506. The molecule has 0 fully saturated rings. The minimum atomic E-state index is 0.788. The van der Waals surface area contributed by atoms with Gasteiger partial charge in [0, 0.05) is 0 Å². The predicted octanol–water partition coefficient (Wildman–Crippen LogP) is 0.559. The summed E-state index contributed by atoms with van der Waals surface area (Å²) in [5.74, 6) is 0. The van der Waals surface area contributed by atoms with Gasteiger partial charge < -0.3 is 5.73 Å². The average Bonchev–Trinajstić information content (AvgIpc) is 1.41. The Bertz CT molecular complexity index is 11.1. The van der Waals surface area contributed by atoms with Gasteiger partial charge in [-0.2, -0.15) is 0 Å². The second-order valence-corrected chi connectivity index (χ2v) is 0.986. The van der Waals surface area contributed by atoms with Crippen LogP contribution in [-0.2, 0) is 0 Å². The molecular weight excluding hydrogens is 62.1 g/mol. The molecule has 0 aliphatic carbocycles. The Hall–Kier alpha value is -0.0400. The van der Waals surface area contributed by atoms with E-state index in [0.29, 0.717) is 0 Å². The van der Waals surface area contributed by atoms with Crippen molar-refractivity contribution in [3.05, 3.63) is 6.42 Å². The van der Waals surface area contributed by atoms with E-state index in [2.05, 4.69) is 6.42 Å². The molecule has 1 nitrogen and oxygen atoms in total. The Morgan fingerprint density at radius 3 is 2.40 bits per heavy atom. The lowest BCUT2D eigenvalue weighted by Gasteiger charge is -1.79. The molecule has 0 amide bonds. The van der Waals surface area contributed by atoms with E-state index in [9.17, 15) is 0 Å². The van der Waals surface area contributed by atoms with Crippen LogP contribution in [0.4, 0.5) is 0 Å². The molecule has 0 spiro atoms. The average molecular weight is 72.1 g/mol. The van der Waals surface area contributed by atoms with Crippen molar-refractivity contribution in [3.63, 3.8) is 0 Å². The van der Waals surface area contributed by atoms with Crippen molar-refractivity contribution in [2.24, 2.45) is 5.73 Å². The molecule has 0 aromatic rings. The van der Waals surface area contributed by atoms with Crippen LogP contribution in [0.15, 0.2) is 0 Å². The lowest BCUT2D eigenvalue weighted by atomic mass is 10.3. The largest absolute Gasteiger partial charge is 0.330 e. The predicted molar refractivity (Wildman–Crippen MR) is 23.6 cm³/mol. The summed E-state index contributed by atoms with van der Waals surface area (Å²) in [6, 6.07) is 0. The van der Waals surface area contributed by atoms with Gasteiger partial charge in [-0.15, -0.1) is 0 Å². The second kappa shape index (κ2) is 3.96. The number of hydrogen-bond donors (Lipinski definition) is 1. The maximum absolute atomic E-state index is 5.11. The zero-order valence-electron chi connectivity index (χ0n) is 3.57. The summed E-state index contributed by atoms with van der Waals surface area (Å²) in [6.07, 6.45) is 3.10. The fourth-order valence-electron chi connectivity index (χ4n) is 0.167. The Morgan fingerprint density at radius 2 is 2.40 bits per heavy atom. The molecule has 31 valence electrons. The van der Waals surface area contributed by atoms with E-state index in [-0.39, 0.29) is 0 Å². The first-order valence-electron chi connectivity index (χ1n) is 1.89. The van der Waals surface area contributed by atoms with E-state index in [0.717, 1.165) is 13.0 Å². The number of unbranched alkanes of at least 4 members (excludes halogenated alkanes) is 1. The zero-order valence-corrected chi connectivity index (χ0v) is 3.57. The lowest BCUT2D eigenvalue weighted by Crippen LogP contribution is -1.96. The van der Waals surface area contributed by atoms with Crippen LogP contribution in [-0.4, -0.2) is 6.54 Å². The lowest BCUT2D eigenvalue weighted by molar-refractivity contribution is 0.946. The molecule has 0 saturated carbocycles. The molecule has 5 heavy (non-hydrogen) atoms. The van der Waals surface area contributed by atoms with E-state index in [1.54, 1.807) is 0 Å². The summed E-state index contributed by atoms with van der Waals surface area (Å²) < 4.78 is 0. The maximum atomic E-state index is 5.11. The molecule has 0 unspecified atom stereocenters. The van der Waals surface area contributed by atoms with Crippen molar-refractivity contribution in [1.82, 2.24) is 0 Å². The van der Waals surface area contributed by atoms with E-state index in [1.807, 2.05) is 6.92 Å². The van der Waals surface area contributed by atoms with Gasteiger partial charge in [0.05, 0.1) is 0 Å². The smallest absolute Gasteiger partial charge is 0.00746 e. The third kappa shape index (κ3) is 3.96. The highest BCUT2D eigenvalue weighted by atomic mass is 14.5. The normalized spacial score (nSPS) is 8.40. The molecule has 1 heteroatoms. The zero-order chi connectivity index (χ0) is 4.12. The van der Waals surface area contributed by atoms with Gasteiger partial charge in [-0.1, -0.05) is 6.92 Å². The van der Waals surface area contributed by atoms with Gasteiger partial charge in [0.1, 0.15) is 0 Å². The van der Waals surface area contributed by atoms with Crippen LogP contribution < -0.4 is 5.73 Å². The van der Waals surface area contributed by atoms with Crippen LogP contribution in [0.3, 0.4) is 0 Å². The molecule has 0 aromatic carbocycles. The Morgan fingerprint density at radius 1 is 1.80 bits per heavy atom. The molecule has 2 N–H and O–H groups in total. The summed E-state index contributed by atoms with van der Waals surface area (Å²) in [7, 11) is 0. The SMILES string of the molecule is C[CH]CCN. The van der Waals surface area contributed by atoms with Crippen LogP contribution in [0.5, 0.6) is 0 Å². The molecule has 1 radical (unpaired) electrons. The molecule has 0 saturated heterocycles. The van der Waals surface area contributed by atoms with Gasteiger partial charge in [0.2, 0.25) is 0 Å². The van der Waals surface area contributed by atoms with Crippen molar-refractivity contribution in [1.29, 1.82) is 0 Å². The van der Waals surface area contributed by atoms with Crippen molar-refractivity contribution in [2.75, 3.05) is 6.54 Å². The number of hydrogen-bond acceptors (Lipinski definition) is 1. The molecule has 0 bridgehead atoms. The molecular formula is C4H10N. The molecule has 0 atom stereocenters. The molecule has 0 aliphatic rings. The maximum Gasteiger partial charge on any atom is -0.00746 e. The van der Waals surface area contributed by atoms with Gasteiger partial charge in [-0.25, -0.2) is 0 Å². The van der Waals surface area contributed by atoms with E-state index in [4.69, 9.17) is 5.73 Å². The van der Waals surface area contributed by atoms with Crippen molar-refractivity contribution < 1.29 is 0 Å². The van der Waals surface area contributed by atoms with Crippen LogP contribution in [0, 0.1) is 6.42 Å². The highest BCUT2D eigenvalue weighted by Gasteiger charge is 1.68. The van der Waals surface area contributed by atoms with Crippen LogP contribution in [0.25, 0.3) is 0 Å². The first kappa shape index (κ1) is 4.96. The summed E-state index contributed by atoms with van der Waals surface area (Å²) in [5, 5.41) is 0. The molecule has 0 aromatic heterocycles. The Labute approximate surface area is 33.2 Å². The third-order valence-corrected chi connectivity index (χ3v) is 0.455. The fraction of sp³-hybridized carbons (Fsp3) is 0.750. The first-order valence-corrected chi connectivity index (χ1v) is 1.89. The van der Waals surface area contributed by atoms with Crippen LogP contribution >= 0.6 is 0 Å². The summed E-state index contributed by atoms with van der Waals surface area (Å²) in [4.78, 5) is 0. The fourth-order valence-corrected chi connectivity index (χ4v) is 0.167. The standard InChI is InChI=1S/C4H10N/c1-2-3-4-5/h2H,3-5H2,1H3. The van der Waals surface area contributed by atoms with Crippen LogP contribution in [0.2, 0.25) is 0 Å². The summed E-state index contributed by atoms with van der Waals surface area (Å²) >= 11 is 0. The van der Waals surface area contributed by atoms with Crippen LogP contribution in [0.1, 0.15) is 13.3 Å². The van der Waals surface area contributed by atoms with Crippen molar-refractivity contribution in [2.45, 2.75) is 13.3 Å². The summed E-state index contributed by atoms with van der Waals surface area (Å²) in [6.45, 7) is 2.80. The van der Waals surface area contributed by atoms with E-state index >= 15 is 0 Å². The Kier molecular flexibility index (Phi) is 3.93. The third-order valence-electron chi connectivity index (χ3n) is 0.455. The molecule has 0 aliphatic heterocycles. The van der Waals surface area contributed by atoms with Crippen molar-refractivity contribution in [3.8, 4) is 0 Å². The van der Waals surface area contributed by atoms with Gasteiger partial charge in [-0.05, 0) is 19.4 Å². The first-order chi connectivity index (χ1) is 2.41. The minimum Gasteiger partial charge on any atom is -0.330 e. The van der Waals surface area contributed by atoms with Gasteiger partial charge in [0.15, 0.2) is 0 Å². The highest BCUT2D eigenvalue weighted by Crippen LogP contribution is 1.74. The van der Waals surface area contributed by atoms with E-state index < -0.39 is 0 Å². The number of nitrogens with two attached hydrogens (primary N) is 1. The van der Waals surface area contributed by atoms with Gasteiger partial charge in [0.25, 0.3) is 0 Å². The molecule has 0 rings (SSSR count). The monoisotopic (exact) mass is 72.1 g/mol. The van der Waals surface area contributed by atoms with Gasteiger partial charge in [-0.3, -0.25) is 0 Å². The second-order valence-electron chi connectivity index (χ2n) is 0.986. The highest BCUT2D eigenvalue weighted by molar-refractivity contribution is 4.53. The minimum absolute atomic E-state index is 0.788. The summed E-state index contributed by atoms with van der Waals surface area (Å²) in [5.41, 5.74) is 5.11. The van der Waals surface area contributed by atoms with Crippen molar-refractivity contribution >= 4 is 0 Å². The van der Waals surface area contributed by atoms with E-state index in [1.165, 1.54) is 0 Å². The number of rotatable bonds is 2. The topological polar surface area (TPSA) is 26.0 Å². The molecule has 0 heterocycles.